The van der Waals surface area contributed by atoms with Crippen LogP contribution in [-0.2, 0) is 16.7 Å². The van der Waals surface area contributed by atoms with Crippen molar-refractivity contribution in [3.8, 4) is 0 Å². The summed E-state index contributed by atoms with van der Waals surface area (Å²) in [4.78, 5) is 0. The van der Waals surface area contributed by atoms with E-state index in [1.54, 1.807) is 7.11 Å². The number of methoxy groups -OCH3 is 1. The molecule has 0 aliphatic rings. The molecule has 0 aliphatic carbocycles. The summed E-state index contributed by atoms with van der Waals surface area (Å²) in [5.41, 5.74) is 3.02. The molecule has 0 saturated heterocycles. The monoisotopic (exact) mass is 264 g/mol. The SMILES string of the molecule is COCCNCCNCc1ccccc1C(C)(C)C. The van der Waals surface area contributed by atoms with Gasteiger partial charge in [0.1, 0.15) is 0 Å². The molecule has 0 bridgehead atoms. The number of rotatable bonds is 8. The van der Waals surface area contributed by atoms with Gasteiger partial charge in [0.2, 0.25) is 0 Å². The Morgan fingerprint density at radius 1 is 1.00 bits per heavy atom. The van der Waals surface area contributed by atoms with Gasteiger partial charge in [0, 0.05) is 33.3 Å². The van der Waals surface area contributed by atoms with Crippen LogP contribution in [0.15, 0.2) is 24.3 Å². The highest BCUT2D eigenvalue weighted by molar-refractivity contribution is 5.32. The quantitative estimate of drug-likeness (QED) is 0.707. The van der Waals surface area contributed by atoms with E-state index in [0.717, 1.165) is 32.8 Å². The second kappa shape index (κ2) is 8.31. The highest BCUT2D eigenvalue weighted by atomic mass is 16.5. The summed E-state index contributed by atoms with van der Waals surface area (Å²) in [5.74, 6) is 0. The molecule has 108 valence electrons. The smallest absolute Gasteiger partial charge is 0.0587 e. The molecule has 1 aromatic carbocycles. The van der Waals surface area contributed by atoms with Crippen LogP contribution in [-0.4, -0.2) is 33.4 Å². The van der Waals surface area contributed by atoms with Crippen molar-refractivity contribution in [2.45, 2.75) is 32.7 Å². The van der Waals surface area contributed by atoms with Crippen molar-refractivity contribution in [3.05, 3.63) is 35.4 Å². The minimum Gasteiger partial charge on any atom is -0.383 e. The largest absolute Gasteiger partial charge is 0.383 e. The third-order valence-corrected chi connectivity index (χ3v) is 3.10. The predicted octanol–water partition coefficient (Wildman–Crippen LogP) is 2.31. The zero-order valence-corrected chi connectivity index (χ0v) is 12.8. The van der Waals surface area contributed by atoms with Gasteiger partial charge in [-0.05, 0) is 16.5 Å². The van der Waals surface area contributed by atoms with Gasteiger partial charge < -0.3 is 15.4 Å². The Balaban J connectivity index is 2.33. The lowest BCUT2D eigenvalue weighted by Crippen LogP contribution is -2.29. The third kappa shape index (κ3) is 6.19. The summed E-state index contributed by atoms with van der Waals surface area (Å²) in [6.07, 6.45) is 0. The zero-order chi connectivity index (χ0) is 14.1. The van der Waals surface area contributed by atoms with Gasteiger partial charge in [0.15, 0.2) is 0 Å². The van der Waals surface area contributed by atoms with Gasteiger partial charge in [-0.1, -0.05) is 45.0 Å². The first kappa shape index (κ1) is 16.2. The molecule has 1 rings (SSSR count). The summed E-state index contributed by atoms with van der Waals surface area (Å²) in [5, 5.41) is 6.82. The lowest BCUT2D eigenvalue weighted by atomic mass is 9.84. The van der Waals surface area contributed by atoms with E-state index in [9.17, 15) is 0 Å². The number of ether oxygens (including phenoxy) is 1. The molecule has 1 aromatic rings. The third-order valence-electron chi connectivity index (χ3n) is 3.10. The second-order valence-electron chi connectivity index (χ2n) is 5.83. The standard InChI is InChI=1S/C16H28N2O/c1-16(2,3)15-8-6-5-7-14(15)13-18-10-9-17-11-12-19-4/h5-8,17-18H,9-13H2,1-4H3. The highest BCUT2D eigenvalue weighted by Gasteiger charge is 2.16. The molecule has 2 N–H and O–H groups in total. The molecule has 0 aromatic heterocycles. The summed E-state index contributed by atoms with van der Waals surface area (Å²) in [7, 11) is 1.73. The van der Waals surface area contributed by atoms with E-state index in [1.165, 1.54) is 11.1 Å². The van der Waals surface area contributed by atoms with Crippen molar-refractivity contribution >= 4 is 0 Å². The number of benzene rings is 1. The van der Waals surface area contributed by atoms with Crippen LogP contribution < -0.4 is 10.6 Å². The fourth-order valence-electron chi connectivity index (χ4n) is 2.11. The van der Waals surface area contributed by atoms with Gasteiger partial charge in [-0.2, -0.15) is 0 Å². The first-order valence-electron chi connectivity index (χ1n) is 7.04. The number of nitrogens with one attached hydrogen (secondary N) is 2. The van der Waals surface area contributed by atoms with Gasteiger partial charge in [0.25, 0.3) is 0 Å². The molecule has 0 amide bonds. The predicted molar refractivity (Wildman–Crippen MR) is 81.6 cm³/mol. The lowest BCUT2D eigenvalue weighted by Gasteiger charge is -2.23. The molecule has 0 saturated carbocycles. The van der Waals surface area contributed by atoms with Crippen LogP contribution in [0.25, 0.3) is 0 Å². The maximum absolute atomic E-state index is 4.99. The summed E-state index contributed by atoms with van der Waals surface area (Å²) in [6.45, 7) is 11.3. The molecule has 0 atom stereocenters. The second-order valence-corrected chi connectivity index (χ2v) is 5.83. The van der Waals surface area contributed by atoms with E-state index in [0.29, 0.717) is 0 Å². The minimum absolute atomic E-state index is 0.203. The van der Waals surface area contributed by atoms with E-state index >= 15 is 0 Å². The average Bonchev–Trinajstić information content (AvgIpc) is 2.37. The van der Waals surface area contributed by atoms with Crippen LogP contribution in [0.4, 0.5) is 0 Å². The van der Waals surface area contributed by atoms with Gasteiger partial charge in [0.05, 0.1) is 6.61 Å². The Morgan fingerprint density at radius 2 is 1.68 bits per heavy atom. The van der Waals surface area contributed by atoms with Crippen LogP contribution in [0.1, 0.15) is 31.9 Å². The normalized spacial score (nSPS) is 11.8. The molecule has 0 unspecified atom stereocenters. The van der Waals surface area contributed by atoms with Gasteiger partial charge in [-0.3, -0.25) is 0 Å². The van der Waals surface area contributed by atoms with Crippen molar-refractivity contribution in [1.82, 2.24) is 10.6 Å². The lowest BCUT2D eigenvalue weighted by molar-refractivity contribution is 0.199. The van der Waals surface area contributed by atoms with Crippen LogP contribution in [0.2, 0.25) is 0 Å². The molecule has 19 heavy (non-hydrogen) atoms. The Kier molecular flexibility index (Phi) is 7.06. The van der Waals surface area contributed by atoms with Crippen molar-refractivity contribution < 1.29 is 4.74 Å². The van der Waals surface area contributed by atoms with Crippen LogP contribution >= 0.6 is 0 Å². The van der Waals surface area contributed by atoms with Crippen LogP contribution in [0.5, 0.6) is 0 Å². The Bertz CT molecular complexity index is 358. The van der Waals surface area contributed by atoms with Crippen LogP contribution in [0.3, 0.4) is 0 Å². The zero-order valence-electron chi connectivity index (χ0n) is 12.8. The fourth-order valence-corrected chi connectivity index (χ4v) is 2.11. The maximum atomic E-state index is 4.99. The maximum Gasteiger partial charge on any atom is 0.0587 e. The van der Waals surface area contributed by atoms with Crippen molar-refractivity contribution in [3.63, 3.8) is 0 Å². The van der Waals surface area contributed by atoms with E-state index < -0.39 is 0 Å². The first-order chi connectivity index (χ1) is 9.05. The molecule has 0 radical (unpaired) electrons. The van der Waals surface area contributed by atoms with Crippen LogP contribution in [0, 0.1) is 0 Å². The molecule has 3 nitrogen and oxygen atoms in total. The molecule has 0 spiro atoms. The summed E-state index contributed by atoms with van der Waals surface area (Å²) >= 11 is 0. The van der Waals surface area contributed by atoms with Crippen molar-refractivity contribution in [2.75, 3.05) is 33.4 Å². The minimum atomic E-state index is 0.203. The molecule has 0 heterocycles. The molecular formula is C16H28N2O. The van der Waals surface area contributed by atoms with Gasteiger partial charge >= 0.3 is 0 Å². The van der Waals surface area contributed by atoms with Crippen molar-refractivity contribution in [2.24, 2.45) is 0 Å². The van der Waals surface area contributed by atoms with Gasteiger partial charge in [-0.15, -0.1) is 0 Å². The molecule has 3 heteroatoms. The number of hydrogen-bond donors (Lipinski definition) is 2. The Morgan fingerprint density at radius 3 is 2.37 bits per heavy atom. The fraction of sp³-hybridized carbons (Fsp3) is 0.625. The Hall–Kier alpha value is -0.900. The van der Waals surface area contributed by atoms with E-state index in [2.05, 4.69) is 55.7 Å². The molecular weight excluding hydrogens is 236 g/mol. The topological polar surface area (TPSA) is 33.3 Å². The van der Waals surface area contributed by atoms with Crippen molar-refractivity contribution in [1.29, 1.82) is 0 Å². The van der Waals surface area contributed by atoms with E-state index in [-0.39, 0.29) is 5.41 Å². The molecule has 0 fully saturated rings. The average molecular weight is 264 g/mol. The summed E-state index contributed by atoms with van der Waals surface area (Å²) < 4.78 is 4.99. The highest BCUT2D eigenvalue weighted by Crippen LogP contribution is 2.25. The summed E-state index contributed by atoms with van der Waals surface area (Å²) in [6, 6.07) is 8.68. The first-order valence-corrected chi connectivity index (χ1v) is 7.04. The van der Waals surface area contributed by atoms with E-state index in [4.69, 9.17) is 4.74 Å². The number of hydrogen-bond acceptors (Lipinski definition) is 3. The van der Waals surface area contributed by atoms with Gasteiger partial charge in [-0.25, -0.2) is 0 Å². The van der Waals surface area contributed by atoms with E-state index in [1.807, 2.05) is 0 Å². The molecule has 0 aliphatic heterocycles. The Labute approximate surface area is 117 Å².